The van der Waals surface area contributed by atoms with E-state index in [2.05, 4.69) is 12.2 Å². The number of methoxy groups -OCH3 is 1. The lowest BCUT2D eigenvalue weighted by Crippen LogP contribution is -2.14. The molecule has 0 unspecified atom stereocenters. The SMILES string of the molecule is CCCc1cc(C(=O)OC)c(NC(=O)c2cc(SC)ccc2Cl)s1. The number of anilines is 1. The third-order valence-electron chi connectivity index (χ3n) is 3.33. The van der Waals surface area contributed by atoms with Crippen molar-refractivity contribution in [3.05, 3.63) is 45.3 Å². The molecule has 0 atom stereocenters. The average Bonchev–Trinajstić information content (AvgIpc) is 2.97. The Morgan fingerprint density at radius 1 is 1.29 bits per heavy atom. The highest BCUT2D eigenvalue weighted by Crippen LogP contribution is 2.31. The van der Waals surface area contributed by atoms with Gasteiger partial charge in [0.25, 0.3) is 5.91 Å². The van der Waals surface area contributed by atoms with Gasteiger partial charge in [0.1, 0.15) is 5.00 Å². The number of aryl methyl sites for hydroxylation is 1. The summed E-state index contributed by atoms with van der Waals surface area (Å²) in [5.41, 5.74) is 0.751. The van der Waals surface area contributed by atoms with Crippen LogP contribution in [0.1, 0.15) is 38.9 Å². The lowest BCUT2D eigenvalue weighted by atomic mass is 10.2. The fourth-order valence-corrected chi connectivity index (χ4v) is 3.93. The van der Waals surface area contributed by atoms with Gasteiger partial charge in [0.05, 0.1) is 23.3 Å². The van der Waals surface area contributed by atoms with E-state index in [4.69, 9.17) is 16.3 Å². The third kappa shape index (κ3) is 4.32. The number of carbonyl (C=O) groups is 2. The van der Waals surface area contributed by atoms with Crippen molar-refractivity contribution in [1.82, 2.24) is 0 Å². The summed E-state index contributed by atoms with van der Waals surface area (Å²) in [7, 11) is 1.32. The zero-order valence-electron chi connectivity index (χ0n) is 13.6. The van der Waals surface area contributed by atoms with Crippen LogP contribution in [-0.4, -0.2) is 25.2 Å². The highest BCUT2D eigenvalue weighted by Gasteiger charge is 2.20. The summed E-state index contributed by atoms with van der Waals surface area (Å²) in [6, 6.07) is 7.06. The first-order chi connectivity index (χ1) is 11.5. The molecule has 0 bridgehead atoms. The molecule has 0 radical (unpaired) electrons. The largest absolute Gasteiger partial charge is 0.465 e. The van der Waals surface area contributed by atoms with Crippen molar-refractivity contribution in [3.8, 4) is 0 Å². The van der Waals surface area contributed by atoms with E-state index in [-0.39, 0.29) is 5.91 Å². The molecule has 2 rings (SSSR count). The van der Waals surface area contributed by atoms with Crippen LogP contribution in [0.15, 0.2) is 29.2 Å². The first-order valence-electron chi connectivity index (χ1n) is 7.36. The highest BCUT2D eigenvalue weighted by atomic mass is 35.5. The fraction of sp³-hybridized carbons (Fsp3) is 0.294. The molecular weight excluding hydrogens is 366 g/mol. The number of thiophene rings is 1. The molecule has 0 saturated carbocycles. The standard InChI is InChI=1S/C17H18ClNO3S2/c1-4-5-11-9-13(17(21)22-2)16(24-11)19-15(20)12-8-10(23-3)6-7-14(12)18/h6-9H,4-5H2,1-3H3,(H,19,20). The second-order valence-corrected chi connectivity index (χ2v) is 7.42. The van der Waals surface area contributed by atoms with Gasteiger partial charge in [-0.3, -0.25) is 4.79 Å². The minimum Gasteiger partial charge on any atom is -0.465 e. The molecule has 0 aliphatic rings. The number of halogens is 1. The fourth-order valence-electron chi connectivity index (χ4n) is 2.14. The van der Waals surface area contributed by atoms with Crippen LogP contribution >= 0.6 is 34.7 Å². The van der Waals surface area contributed by atoms with Gasteiger partial charge in [0.15, 0.2) is 0 Å². The van der Waals surface area contributed by atoms with Gasteiger partial charge in [0.2, 0.25) is 0 Å². The predicted molar refractivity (Wildman–Crippen MR) is 101 cm³/mol. The Labute approximate surface area is 154 Å². The van der Waals surface area contributed by atoms with E-state index in [0.717, 1.165) is 22.6 Å². The van der Waals surface area contributed by atoms with Gasteiger partial charge in [0, 0.05) is 9.77 Å². The summed E-state index contributed by atoms with van der Waals surface area (Å²) in [6.07, 6.45) is 3.72. The van der Waals surface area contributed by atoms with E-state index in [1.807, 2.05) is 12.3 Å². The van der Waals surface area contributed by atoms with Crippen LogP contribution in [0.3, 0.4) is 0 Å². The van der Waals surface area contributed by atoms with Crippen molar-refractivity contribution >= 4 is 51.6 Å². The van der Waals surface area contributed by atoms with Crippen LogP contribution in [0, 0.1) is 0 Å². The summed E-state index contributed by atoms with van der Waals surface area (Å²) in [4.78, 5) is 26.5. The molecule has 128 valence electrons. The molecule has 2 aromatic rings. The van der Waals surface area contributed by atoms with E-state index in [1.165, 1.54) is 30.2 Å². The Bertz CT molecular complexity index is 758. The van der Waals surface area contributed by atoms with Crippen LogP contribution in [0.25, 0.3) is 0 Å². The highest BCUT2D eigenvalue weighted by molar-refractivity contribution is 7.98. The molecule has 0 spiro atoms. The van der Waals surface area contributed by atoms with Crippen LogP contribution < -0.4 is 5.32 Å². The number of benzene rings is 1. The maximum atomic E-state index is 12.6. The topological polar surface area (TPSA) is 55.4 Å². The van der Waals surface area contributed by atoms with Gasteiger partial charge < -0.3 is 10.1 Å². The number of rotatable bonds is 6. The van der Waals surface area contributed by atoms with E-state index < -0.39 is 5.97 Å². The maximum absolute atomic E-state index is 12.6. The summed E-state index contributed by atoms with van der Waals surface area (Å²) in [6.45, 7) is 2.06. The number of thioether (sulfide) groups is 1. The van der Waals surface area contributed by atoms with Gasteiger partial charge in [-0.25, -0.2) is 4.79 Å². The van der Waals surface area contributed by atoms with Crippen molar-refractivity contribution in [2.75, 3.05) is 18.7 Å². The van der Waals surface area contributed by atoms with E-state index in [9.17, 15) is 9.59 Å². The van der Waals surface area contributed by atoms with Crippen molar-refractivity contribution in [1.29, 1.82) is 0 Å². The van der Waals surface area contributed by atoms with E-state index >= 15 is 0 Å². The first kappa shape index (κ1) is 18.8. The van der Waals surface area contributed by atoms with Crippen LogP contribution in [-0.2, 0) is 11.2 Å². The Kier molecular flexibility index (Phi) is 6.71. The molecule has 0 saturated heterocycles. The number of carbonyl (C=O) groups excluding carboxylic acids is 2. The Balaban J connectivity index is 2.32. The van der Waals surface area contributed by atoms with E-state index in [1.54, 1.807) is 18.2 Å². The second kappa shape index (κ2) is 8.55. The van der Waals surface area contributed by atoms with Crippen LogP contribution in [0.5, 0.6) is 0 Å². The quantitative estimate of drug-likeness (QED) is 0.556. The Morgan fingerprint density at radius 3 is 2.67 bits per heavy atom. The molecule has 0 aliphatic heterocycles. The molecule has 0 aliphatic carbocycles. The average molecular weight is 384 g/mol. The minimum atomic E-state index is -0.465. The molecule has 1 amide bonds. The second-order valence-electron chi connectivity index (χ2n) is 5.00. The number of nitrogens with one attached hydrogen (secondary N) is 1. The normalized spacial score (nSPS) is 10.5. The lowest BCUT2D eigenvalue weighted by Gasteiger charge is -2.08. The van der Waals surface area contributed by atoms with Gasteiger partial charge in [-0.05, 0) is 36.9 Å². The zero-order chi connectivity index (χ0) is 17.7. The molecule has 4 nitrogen and oxygen atoms in total. The van der Waals surface area contributed by atoms with Crippen molar-refractivity contribution in [3.63, 3.8) is 0 Å². The van der Waals surface area contributed by atoms with Crippen LogP contribution in [0.2, 0.25) is 5.02 Å². The number of esters is 1. The molecule has 1 aromatic heterocycles. The molecule has 1 aromatic carbocycles. The minimum absolute atomic E-state index is 0.342. The van der Waals surface area contributed by atoms with Gasteiger partial charge in [-0.15, -0.1) is 23.1 Å². The number of hydrogen-bond acceptors (Lipinski definition) is 5. The molecular formula is C17H18ClNO3S2. The van der Waals surface area contributed by atoms with Crippen molar-refractivity contribution in [2.24, 2.45) is 0 Å². The third-order valence-corrected chi connectivity index (χ3v) is 5.50. The predicted octanol–water partition coefficient (Wildman–Crippen LogP) is 5.11. The summed E-state index contributed by atoms with van der Waals surface area (Å²) >= 11 is 9.05. The molecule has 7 heteroatoms. The molecule has 1 N–H and O–H groups in total. The van der Waals surface area contributed by atoms with Crippen LogP contribution in [0.4, 0.5) is 5.00 Å². The first-order valence-corrected chi connectivity index (χ1v) is 9.78. The zero-order valence-corrected chi connectivity index (χ0v) is 16.0. The lowest BCUT2D eigenvalue weighted by molar-refractivity contribution is 0.0602. The number of amides is 1. The summed E-state index contributed by atoms with van der Waals surface area (Å²) in [5.74, 6) is -0.807. The molecule has 1 heterocycles. The molecule has 24 heavy (non-hydrogen) atoms. The summed E-state index contributed by atoms with van der Waals surface area (Å²) < 4.78 is 4.80. The van der Waals surface area contributed by atoms with Gasteiger partial charge in [-0.2, -0.15) is 0 Å². The Hall–Kier alpha value is -1.50. The van der Waals surface area contributed by atoms with Crippen molar-refractivity contribution in [2.45, 2.75) is 24.7 Å². The Morgan fingerprint density at radius 2 is 2.04 bits per heavy atom. The smallest absolute Gasteiger partial charge is 0.340 e. The van der Waals surface area contributed by atoms with Gasteiger partial charge in [-0.1, -0.05) is 24.9 Å². The monoisotopic (exact) mass is 383 g/mol. The number of ether oxygens (including phenoxy) is 1. The maximum Gasteiger partial charge on any atom is 0.340 e. The summed E-state index contributed by atoms with van der Waals surface area (Å²) in [5, 5.41) is 3.66. The number of hydrogen-bond donors (Lipinski definition) is 1. The molecule has 0 fully saturated rings. The van der Waals surface area contributed by atoms with Crippen molar-refractivity contribution < 1.29 is 14.3 Å². The van der Waals surface area contributed by atoms with Gasteiger partial charge >= 0.3 is 5.97 Å². The van der Waals surface area contributed by atoms with E-state index in [0.29, 0.717) is 21.2 Å².